The van der Waals surface area contributed by atoms with Gasteiger partial charge in [-0.2, -0.15) is 0 Å². The number of benzene rings is 1. The van der Waals surface area contributed by atoms with Crippen LogP contribution in [-0.4, -0.2) is 32.0 Å². The van der Waals surface area contributed by atoms with Gasteiger partial charge in [-0.3, -0.25) is 9.59 Å². The smallest absolute Gasteiger partial charge is 0.251 e. The van der Waals surface area contributed by atoms with E-state index >= 15 is 0 Å². The summed E-state index contributed by atoms with van der Waals surface area (Å²) >= 11 is 0. The molecule has 0 aliphatic carbocycles. The highest BCUT2D eigenvalue weighted by Gasteiger charge is 2.11. The standard InChI is InChI=1S/C14H21N3O3/c1-3-8-20-12-5-4-10(14(19)16-2)9-11(12)17-13(18)6-7-15/h4-5,9H,3,6-8,15H2,1-2H3,(H,16,19)(H,17,18). The number of rotatable bonds is 7. The summed E-state index contributed by atoms with van der Waals surface area (Å²) in [6, 6.07) is 4.93. The summed E-state index contributed by atoms with van der Waals surface area (Å²) in [4.78, 5) is 23.3. The summed E-state index contributed by atoms with van der Waals surface area (Å²) in [6.45, 7) is 2.80. The number of nitrogens with one attached hydrogen (secondary N) is 2. The lowest BCUT2D eigenvalue weighted by Crippen LogP contribution is -2.20. The molecule has 6 nitrogen and oxygen atoms in total. The van der Waals surface area contributed by atoms with E-state index in [0.717, 1.165) is 6.42 Å². The normalized spacial score (nSPS) is 9.95. The molecule has 0 bridgehead atoms. The van der Waals surface area contributed by atoms with E-state index in [1.165, 1.54) is 0 Å². The molecule has 1 aromatic carbocycles. The number of hydrogen-bond acceptors (Lipinski definition) is 4. The molecule has 0 fully saturated rings. The Labute approximate surface area is 118 Å². The van der Waals surface area contributed by atoms with Gasteiger partial charge in [-0.1, -0.05) is 6.92 Å². The summed E-state index contributed by atoms with van der Waals surface area (Å²) in [5.41, 5.74) is 6.29. The second-order valence-corrected chi connectivity index (χ2v) is 4.23. The first-order chi connectivity index (χ1) is 9.62. The fourth-order valence-electron chi connectivity index (χ4n) is 1.59. The van der Waals surface area contributed by atoms with Crippen LogP contribution in [0.5, 0.6) is 5.75 Å². The maximum atomic E-state index is 11.6. The van der Waals surface area contributed by atoms with Gasteiger partial charge < -0.3 is 21.1 Å². The van der Waals surface area contributed by atoms with Gasteiger partial charge in [-0.25, -0.2) is 0 Å². The Morgan fingerprint density at radius 2 is 2.10 bits per heavy atom. The van der Waals surface area contributed by atoms with Crippen LogP contribution in [0.4, 0.5) is 5.69 Å². The number of nitrogens with two attached hydrogens (primary N) is 1. The van der Waals surface area contributed by atoms with Gasteiger partial charge in [-0.15, -0.1) is 0 Å². The van der Waals surface area contributed by atoms with Crippen molar-refractivity contribution < 1.29 is 14.3 Å². The molecule has 2 amide bonds. The first-order valence-corrected chi connectivity index (χ1v) is 6.61. The zero-order valence-corrected chi connectivity index (χ0v) is 11.9. The van der Waals surface area contributed by atoms with Crippen LogP contribution >= 0.6 is 0 Å². The van der Waals surface area contributed by atoms with Gasteiger partial charge in [0.15, 0.2) is 0 Å². The molecule has 0 aliphatic rings. The number of anilines is 1. The van der Waals surface area contributed by atoms with Crippen molar-refractivity contribution >= 4 is 17.5 Å². The Morgan fingerprint density at radius 1 is 1.35 bits per heavy atom. The van der Waals surface area contributed by atoms with Gasteiger partial charge in [-0.05, 0) is 24.6 Å². The Balaban J connectivity index is 2.99. The number of amides is 2. The van der Waals surface area contributed by atoms with Gasteiger partial charge in [0, 0.05) is 25.6 Å². The van der Waals surface area contributed by atoms with Crippen molar-refractivity contribution in [2.75, 3.05) is 25.5 Å². The number of carbonyl (C=O) groups excluding carboxylic acids is 2. The molecular weight excluding hydrogens is 258 g/mol. The van der Waals surface area contributed by atoms with Gasteiger partial charge in [0.25, 0.3) is 5.91 Å². The maximum absolute atomic E-state index is 11.6. The van der Waals surface area contributed by atoms with Crippen LogP contribution in [0.2, 0.25) is 0 Å². The van der Waals surface area contributed by atoms with Crippen LogP contribution in [-0.2, 0) is 4.79 Å². The molecule has 110 valence electrons. The van der Waals surface area contributed by atoms with E-state index in [2.05, 4.69) is 10.6 Å². The minimum Gasteiger partial charge on any atom is -0.491 e. The van der Waals surface area contributed by atoms with E-state index in [-0.39, 0.29) is 24.8 Å². The Hall–Kier alpha value is -2.08. The molecule has 0 saturated carbocycles. The predicted molar refractivity (Wildman–Crippen MR) is 77.9 cm³/mol. The van der Waals surface area contributed by atoms with Crippen molar-refractivity contribution in [2.45, 2.75) is 19.8 Å². The largest absolute Gasteiger partial charge is 0.491 e. The van der Waals surface area contributed by atoms with Gasteiger partial charge >= 0.3 is 0 Å². The summed E-state index contributed by atoms with van der Waals surface area (Å²) in [5.74, 6) is 0.120. The lowest BCUT2D eigenvalue weighted by Gasteiger charge is -2.13. The van der Waals surface area contributed by atoms with E-state index in [0.29, 0.717) is 23.6 Å². The lowest BCUT2D eigenvalue weighted by atomic mass is 10.1. The van der Waals surface area contributed by atoms with E-state index in [1.54, 1.807) is 25.2 Å². The summed E-state index contributed by atoms with van der Waals surface area (Å²) in [7, 11) is 1.55. The molecule has 0 aliphatic heterocycles. The monoisotopic (exact) mass is 279 g/mol. The maximum Gasteiger partial charge on any atom is 0.251 e. The average Bonchev–Trinajstić information content (AvgIpc) is 2.45. The van der Waals surface area contributed by atoms with Crippen molar-refractivity contribution in [3.8, 4) is 5.75 Å². The van der Waals surface area contributed by atoms with E-state index in [9.17, 15) is 9.59 Å². The fourth-order valence-corrected chi connectivity index (χ4v) is 1.59. The van der Waals surface area contributed by atoms with Crippen LogP contribution < -0.4 is 21.1 Å². The summed E-state index contributed by atoms with van der Waals surface area (Å²) in [6.07, 6.45) is 1.07. The third-order valence-corrected chi connectivity index (χ3v) is 2.58. The topological polar surface area (TPSA) is 93.5 Å². The molecule has 0 radical (unpaired) electrons. The molecule has 6 heteroatoms. The van der Waals surface area contributed by atoms with Crippen LogP contribution in [0.3, 0.4) is 0 Å². The SMILES string of the molecule is CCCOc1ccc(C(=O)NC)cc1NC(=O)CCN. The van der Waals surface area contributed by atoms with Gasteiger partial charge in [0.05, 0.1) is 12.3 Å². The highest BCUT2D eigenvalue weighted by atomic mass is 16.5. The second kappa shape index (κ2) is 8.16. The van der Waals surface area contributed by atoms with Crippen LogP contribution in [0, 0.1) is 0 Å². The molecule has 20 heavy (non-hydrogen) atoms. The Kier molecular flexibility index (Phi) is 6.52. The minimum absolute atomic E-state index is 0.206. The van der Waals surface area contributed by atoms with Crippen LogP contribution in [0.15, 0.2) is 18.2 Å². The Morgan fingerprint density at radius 3 is 2.70 bits per heavy atom. The molecule has 0 unspecified atom stereocenters. The second-order valence-electron chi connectivity index (χ2n) is 4.23. The minimum atomic E-state index is -0.221. The number of hydrogen-bond donors (Lipinski definition) is 3. The summed E-state index contributed by atoms with van der Waals surface area (Å²) in [5, 5.41) is 5.25. The molecule has 0 aromatic heterocycles. The summed E-state index contributed by atoms with van der Waals surface area (Å²) < 4.78 is 5.56. The lowest BCUT2D eigenvalue weighted by molar-refractivity contribution is -0.116. The van der Waals surface area contributed by atoms with Crippen LogP contribution in [0.25, 0.3) is 0 Å². The zero-order chi connectivity index (χ0) is 15.0. The molecule has 0 atom stereocenters. The molecule has 0 saturated heterocycles. The van der Waals surface area contributed by atoms with Crippen molar-refractivity contribution in [3.63, 3.8) is 0 Å². The molecule has 1 aromatic rings. The van der Waals surface area contributed by atoms with Crippen molar-refractivity contribution in [2.24, 2.45) is 5.73 Å². The first kappa shape index (κ1) is 16.0. The quantitative estimate of drug-likeness (QED) is 0.697. The van der Waals surface area contributed by atoms with E-state index in [4.69, 9.17) is 10.5 Å². The molecular formula is C14H21N3O3. The first-order valence-electron chi connectivity index (χ1n) is 6.61. The fraction of sp³-hybridized carbons (Fsp3) is 0.429. The number of ether oxygens (including phenoxy) is 1. The third-order valence-electron chi connectivity index (χ3n) is 2.58. The molecule has 4 N–H and O–H groups in total. The van der Waals surface area contributed by atoms with Crippen molar-refractivity contribution in [1.29, 1.82) is 0 Å². The van der Waals surface area contributed by atoms with Gasteiger partial charge in [0.1, 0.15) is 5.75 Å². The van der Waals surface area contributed by atoms with Gasteiger partial charge in [0.2, 0.25) is 5.91 Å². The number of carbonyl (C=O) groups is 2. The van der Waals surface area contributed by atoms with Crippen LogP contribution in [0.1, 0.15) is 30.1 Å². The zero-order valence-electron chi connectivity index (χ0n) is 11.9. The van der Waals surface area contributed by atoms with E-state index < -0.39 is 0 Å². The predicted octanol–water partition coefficient (Wildman–Crippen LogP) is 1.12. The molecule has 0 heterocycles. The Bertz CT molecular complexity index is 475. The average molecular weight is 279 g/mol. The van der Waals surface area contributed by atoms with E-state index in [1.807, 2.05) is 6.92 Å². The highest BCUT2D eigenvalue weighted by molar-refractivity contribution is 5.98. The molecule has 0 spiro atoms. The third kappa shape index (κ3) is 4.55. The highest BCUT2D eigenvalue weighted by Crippen LogP contribution is 2.26. The van der Waals surface area contributed by atoms with Crippen molar-refractivity contribution in [3.05, 3.63) is 23.8 Å². The molecule has 1 rings (SSSR count). The van der Waals surface area contributed by atoms with Crippen molar-refractivity contribution in [1.82, 2.24) is 5.32 Å².